The molecule has 1 unspecified atom stereocenters. The van der Waals surface area contributed by atoms with Gasteiger partial charge in [-0.2, -0.15) is 0 Å². The number of aliphatic hydroxyl groups is 1. The maximum absolute atomic E-state index is 9.57. The summed E-state index contributed by atoms with van der Waals surface area (Å²) in [6, 6.07) is 12.2. The minimum absolute atomic E-state index is 0.532. The van der Waals surface area contributed by atoms with E-state index in [0.29, 0.717) is 19.6 Å². The Hall–Kier alpha value is -1.91. The fraction of sp³-hybridized carbons (Fsp3) is 0.450. The van der Waals surface area contributed by atoms with Crippen LogP contribution in [0.25, 0.3) is 0 Å². The van der Waals surface area contributed by atoms with Gasteiger partial charge < -0.3 is 14.6 Å². The Balaban J connectivity index is 1.73. The topological polar surface area (TPSA) is 51.6 Å². The number of aryl methyl sites for hydroxylation is 2. The third-order valence-electron chi connectivity index (χ3n) is 3.88. The molecule has 2 aromatic rings. The van der Waals surface area contributed by atoms with Crippen molar-refractivity contribution in [2.45, 2.75) is 45.8 Å². The molecule has 1 N–H and O–H groups in total. The van der Waals surface area contributed by atoms with Gasteiger partial charge in [-0.05, 0) is 49.1 Å². The highest BCUT2D eigenvalue weighted by molar-refractivity contribution is 5.27. The highest BCUT2D eigenvalue weighted by atomic mass is 16.6. The molecule has 1 atom stereocenters. The lowest BCUT2D eigenvalue weighted by atomic mass is 10.1. The number of ether oxygens (including phenoxy) is 2. The van der Waals surface area contributed by atoms with Crippen LogP contribution < -0.4 is 4.74 Å². The van der Waals surface area contributed by atoms with Crippen LogP contribution in [0.15, 0.2) is 42.6 Å². The molecule has 1 aromatic carbocycles. The normalized spacial score (nSPS) is 12.1. The number of aromatic nitrogens is 1. The van der Waals surface area contributed by atoms with Gasteiger partial charge in [-0.25, -0.2) is 0 Å². The largest absolute Gasteiger partial charge is 0.493 e. The molecule has 0 aliphatic carbocycles. The predicted octanol–water partition coefficient (Wildman–Crippen LogP) is 3.55. The molecule has 1 heterocycles. The number of aliphatic hydroxyl groups excluding tert-OH is 1. The van der Waals surface area contributed by atoms with Crippen molar-refractivity contribution in [3.8, 4) is 5.75 Å². The maximum atomic E-state index is 9.57. The Labute approximate surface area is 144 Å². The molecular formula is C20H27NO3. The fourth-order valence-corrected chi connectivity index (χ4v) is 2.40. The molecule has 0 fully saturated rings. The van der Waals surface area contributed by atoms with Crippen LogP contribution in [0.1, 0.15) is 37.1 Å². The van der Waals surface area contributed by atoms with E-state index in [1.807, 2.05) is 37.4 Å². The van der Waals surface area contributed by atoms with Crippen molar-refractivity contribution < 1.29 is 14.6 Å². The number of benzene rings is 1. The zero-order chi connectivity index (χ0) is 17.2. The number of rotatable bonds is 10. The van der Waals surface area contributed by atoms with Crippen LogP contribution >= 0.6 is 0 Å². The summed E-state index contributed by atoms with van der Waals surface area (Å²) in [5.41, 5.74) is 3.47. The first-order chi connectivity index (χ1) is 11.7. The van der Waals surface area contributed by atoms with E-state index in [4.69, 9.17) is 9.47 Å². The minimum atomic E-state index is -0.683. The van der Waals surface area contributed by atoms with E-state index in [1.165, 1.54) is 5.56 Å². The summed E-state index contributed by atoms with van der Waals surface area (Å²) in [5, 5.41) is 9.57. The smallest absolute Gasteiger partial charge is 0.154 e. The van der Waals surface area contributed by atoms with Crippen molar-refractivity contribution >= 4 is 0 Å². The van der Waals surface area contributed by atoms with Crippen LogP contribution in [0.2, 0.25) is 0 Å². The van der Waals surface area contributed by atoms with Gasteiger partial charge in [0.05, 0.1) is 6.61 Å². The molecule has 0 radical (unpaired) electrons. The number of hydrogen-bond acceptors (Lipinski definition) is 4. The van der Waals surface area contributed by atoms with Crippen LogP contribution in [0.5, 0.6) is 5.75 Å². The molecule has 0 aliphatic heterocycles. The molecule has 0 bridgehead atoms. The summed E-state index contributed by atoms with van der Waals surface area (Å²) in [5.74, 6) is 0.856. The Morgan fingerprint density at radius 1 is 1.00 bits per heavy atom. The zero-order valence-corrected chi connectivity index (χ0v) is 14.6. The predicted molar refractivity (Wildman–Crippen MR) is 95.2 cm³/mol. The molecule has 2 rings (SSSR count). The van der Waals surface area contributed by atoms with Gasteiger partial charge in [0, 0.05) is 31.3 Å². The summed E-state index contributed by atoms with van der Waals surface area (Å²) in [4.78, 5) is 4.44. The number of hydrogen-bond donors (Lipinski definition) is 1. The van der Waals surface area contributed by atoms with Gasteiger partial charge in [0.15, 0.2) is 6.29 Å². The molecule has 1 aromatic heterocycles. The first kappa shape index (κ1) is 18.4. The van der Waals surface area contributed by atoms with Gasteiger partial charge in [-0.15, -0.1) is 0 Å². The molecular weight excluding hydrogens is 302 g/mol. The van der Waals surface area contributed by atoms with E-state index < -0.39 is 6.29 Å². The summed E-state index contributed by atoms with van der Waals surface area (Å²) in [6.45, 7) is 5.15. The van der Waals surface area contributed by atoms with Gasteiger partial charge in [0.1, 0.15) is 5.75 Å². The summed E-state index contributed by atoms with van der Waals surface area (Å²) < 4.78 is 10.9. The van der Waals surface area contributed by atoms with E-state index >= 15 is 0 Å². The van der Waals surface area contributed by atoms with Crippen molar-refractivity contribution in [3.05, 3.63) is 59.4 Å². The van der Waals surface area contributed by atoms with E-state index in [-0.39, 0.29) is 0 Å². The molecule has 0 saturated carbocycles. The highest BCUT2D eigenvalue weighted by Crippen LogP contribution is 2.14. The Kier molecular flexibility index (Phi) is 7.72. The summed E-state index contributed by atoms with van der Waals surface area (Å²) in [7, 11) is 0. The second-order valence-corrected chi connectivity index (χ2v) is 5.70. The van der Waals surface area contributed by atoms with Crippen LogP contribution in [0.3, 0.4) is 0 Å². The van der Waals surface area contributed by atoms with E-state index in [1.54, 1.807) is 0 Å². The Bertz CT molecular complexity index is 581. The van der Waals surface area contributed by atoms with Gasteiger partial charge in [0.25, 0.3) is 0 Å². The van der Waals surface area contributed by atoms with Crippen molar-refractivity contribution in [1.82, 2.24) is 4.98 Å². The van der Waals surface area contributed by atoms with Crippen molar-refractivity contribution in [2.75, 3.05) is 13.2 Å². The highest BCUT2D eigenvalue weighted by Gasteiger charge is 2.04. The molecule has 4 heteroatoms. The fourth-order valence-electron chi connectivity index (χ4n) is 2.40. The van der Waals surface area contributed by atoms with Gasteiger partial charge in [0.2, 0.25) is 0 Å². The molecule has 4 nitrogen and oxygen atoms in total. The zero-order valence-electron chi connectivity index (χ0n) is 14.6. The van der Waals surface area contributed by atoms with Crippen LogP contribution in [0, 0.1) is 0 Å². The molecule has 0 saturated heterocycles. The van der Waals surface area contributed by atoms with E-state index in [2.05, 4.69) is 24.0 Å². The minimum Gasteiger partial charge on any atom is -0.493 e. The summed E-state index contributed by atoms with van der Waals surface area (Å²) >= 11 is 0. The van der Waals surface area contributed by atoms with Crippen molar-refractivity contribution in [2.24, 2.45) is 0 Å². The lowest BCUT2D eigenvalue weighted by Gasteiger charge is -2.11. The third-order valence-corrected chi connectivity index (χ3v) is 3.88. The Morgan fingerprint density at radius 3 is 2.38 bits per heavy atom. The van der Waals surface area contributed by atoms with E-state index in [9.17, 15) is 5.11 Å². The van der Waals surface area contributed by atoms with Crippen LogP contribution in [-0.4, -0.2) is 29.6 Å². The third kappa shape index (κ3) is 6.30. The van der Waals surface area contributed by atoms with Crippen molar-refractivity contribution in [3.63, 3.8) is 0 Å². The quantitative estimate of drug-likeness (QED) is 0.677. The second-order valence-electron chi connectivity index (χ2n) is 5.70. The summed E-state index contributed by atoms with van der Waals surface area (Å²) in [6.07, 6.45) is 4.45. The maximum Gasteiger partial charge on any atom is 0.154 e. The molecule has 0 amide bonds. The lowest BCUT2D eigenvalue weighted by molar-refractivity contribution is -0.0980. The van der Waals surface area contributed by atoms with E-state index in [0.717, 1.165) is 36.3 Å². The second kappa shape index (κ2) is 10.1. The lowest BCUT2D eigenvalue weighted by Crippen LogP contribution is -2.12. The van der Waals surface area contributed by atoms with Gasteiger partial charge in [-0.3, -0.25) is 4.98 Å². The monoisotopic (exact) mass is 329 g/mol. The van der Waals surface area contributed by atoms with Crippen LogP contribution in [-0.2, 0) is 24.0 Å². The van der Waals surface area contributed by atoms with Gasteiger partial charge >= 0.3 is 0 Å². The van der Waals surface area contributed by atoms with Gasteiger partial charge in [-0.1, -0.05) is 25.1 Å². The molecule has 0 spiro atoms. The molecule has 130 valence electrons. The molecule has 0 aliphatic rings. The standard InChI is InChI=1S/C20H27NO3/c1-3-16-5-9-18(21-15-16)13-14-24-19-10-6-17(7-11-19)8-12-20(22)23-4-2/h5-7,9-11,15,20,22H,3-4,8,12-14H2,1-2H3. The van der Waals surface area contributed by atoms with Crippen molar-refractivity contribution in [1.29, 1.82) is 0 Å². The van der Waals surface area contributed by atoms with Crippen LogP contribution in [0.4, 0.5) is 0 Å². The first-order valence-corrected chi connectivity index (χ1v) is 8.66. The average Bonchev–Trinajstić information content (AvgIpc) is 2.62. The molecule has 24 heavy (non-hydrogen) atoms. The average molecular weight is 329 g/mol. The first-order valence-electron chi connectivity index (χ1n) is 8.66. The number of nitrogens with zero attached hydrogens (tertiary/aromatic N) is 1. The SMILES string of the molecule is CCOC(O)CCc1ccc(OCCc2ccc(CC)cn2)cc1. The number of pyridine rings is 1. The Morgan fingerprint density at radius 2 is 1.75 bits per heavy atom.